The van der Waals surface area contributed by atoms with Gasteiger partial charge in [0.25, 0.3) is 11.1 Å². The molecule has 0 aliphatic carbocycles. The lowest BCUT2D eigenvalue weighted by Crippen LogP contribution is -2.33. The predicted octanol–water partition coefficient (Wildman–Crippen LogP) is 3.02. The lowest BCUT2D eigenvalue weighted by Gasteiger charge is -2.28. The van der Waals surface area contributed by atoms with Crippen LogP contribution in [0.3, 0.4) is 0 Å². The van der Waals surface area contributed by atoms with Crippen LogP contribution in [0, 0.1) is 5.92 Å². The van der Waals surface area contributed by atoms with E-state index in [9.17, 15) is 0 Å². The molecule has 6 nitrogen and oxygen atoms in total. The van der Waals surface area contributed by atoms with Crippen molar-refractivity contribution in [3.63, 3.8) is 0 Å². The first kappa shape index (κ1) is 15.8. The number of rotatable bonds is 4. The highest BCUT2D eigenvalue weighted by Crippen LogP contribution is 2.36. The van der Waals surface area contributed by atoms with Crippen LogP contribution in [0.25, 0.3) is 0 Å². The van der Waals surface area contributed by atoms with E-state index in [1.807, 2.05) is 24.3 Å². The fourth-order valence-corrected chi connectivity index (χ4v) is 4.04. The number of hydrogen-bond acceptors (Lipinski definition) is 7. The smallest absolute Gasteiger partial charge is 0.276 e. The van der Waals surface area contributed by atoms with Crippen LogP contribution >= 0.6 is 11.8 Å². The van der Waals surface area contributed by atoms with Gasteiger partial charge in [-0.25, -0.2) is 0 Å². The fraction of sp³-hybridized carbons (Fsp3) is 0.529. The Morgan fingerprint density at radius 3 is 3.00 bits per heavy atom. The lowest BCUT2D eigenvalue weighted by molar-refractivity contribution is 0.0686. The quantitative estimate of drug-likeness (QED) is 0.788. The second-order valence-corrected chi connectivity index (χ2v) is 7.32. The molecule has 0 bridgehead atoms. The van der Waals surface area contributed by atoms with Crippen LogP contribution < -0.4 is 9.47 Å². The largest absolute Gasteiger partial charge is 0.485 e. The molecule has 128 valence electrons. The number of piperidine rings is 1. The number of likely N-dealkylation sites (tertiary alicyclic amines) is 1. The van der Waals surface area contributed by atoms with Crippen LogP contribution in [0.4, 0.5) is 0 Å². The van der Waals surface area contributed by atoms with Crippen LogP contribution in [-0.2, 0) is 0 Å². The summed E-state index contributed by atoms with van der Waals surface area (Å²) < 4.78 is 17.4. The van der Waals surface area contributed by atoms with Gasteiger partial charge in [0.2, 0.25) is 6.10 Å². The molecule has 3 heterocycles. The summed E-state index contributed by atoms with van der Waals surface area (Å²) in [5.74, 6) is 3.64. The van der Waals surface area contributed by atoms with Crippen molar-refractivity contribution >= 4 is 11.8 Å². The Morgan fingerprint density at radius 2 is 2.12 bits per heavy atom. The lowest BCUT2D eigenvalue weighted by atomic mass is 10.0. The number of hydrogen-bond donors (Lipinski definition) is 0. The third-order valence-corrected chi connectivity index (χ3v) is 5.42. The maximum Gasteiger partial charge on any atom is 0.276 e. The van der Waals surface area contributed by atoms with Crippen molar-refractivity contribution in [3.8, 4) is 11.5 Å². The molecule has 1 aromatic carbocycles. The summed E-state index contributed by atoms with van der Waals surface area (Å²) in [6, 6.07) is 7.61. The van der Waals surface area contributed by atoms with Crippen LogP contribution in [-0.4, -0.2) is 47.6 Å². The highest BCUT2D eigenvalue weighted by atomic mass is 32.2. The van der Waals surface area contributed by atoms with E-state index in [0.717, 1.165) is 18.0 Å². The third kappa shape index (κ3) is 3.52. The van der Waals surface area contributed by atoms with Crippen LogP contribution in [0.2, 0.25) is 0 Å². The summed E-state index contributed by atoms with van der Waals surface area (Å²) in [6.07, 6.45) is 2.19. The molecule has 0 unspecified atom stereocenters. The molecule has 7 heteroatoms. The number of thioether (sulfide) groups is 1. The summed E-state index contributed by atoms with van der Waals surface area (Å²) >= 11 is 1.64. The minimum absolute atomic E-state index is 0.345. The van der Waals surface area contributed by atoms with Crippen molar-refractivity contribution in [2.45, 2.75) is 24.2 Å². The van der Waals surface area contributed by atoms with E-state index in [2.05, 4.69) is 22.1 Å². The topological polar surface area (TPSA) is 60.6 Å². The Hall–Kier alpha value is -1.73. The molecule has 0 N–H and O–H groups in total. The standard InChI is InChI=1S/C17H21N3O3S/c1-20-8-4-5-12(9-20)11-24-17-19-18-16(23-17)15-10-21-13-6-2-3-7-14(13)22-15/h2-3,6-7,12,15H,4-5,8-11H2,1H3/t12-,15-/m0/s1. The maximum atomic E-state index is 5.90. The van der Waals surface area contributed by atoms with E-state index in [4.69, 9.17) is 13.9 Å². The number of nitrogens with zero attached hydrogens (tertiary/aromatic N) is 3. The van der Waals surface area contributed by atoms with Gasteiger partial charge in [-0.2, -0.15) is 0 Å². The van der Waals surface area contributed by atoms with Gasteiger partial charge in [-0.1, -0.05) is 23.9 Å². The first-order chi connectivity index (χ1) is 11.8. The number of para-hydroxylation sites is 2. The third-order valence-electron chi connectivity index (χ3n) is 4.37. The Morgan fingerprint density at radius 1 is 1.25 bits per heavy atom. The molecule has 2 aromatic rings. The van der Waals surface area contributed by atoms with Gasteiger partial charge in [-0.3, -0.25) is 0 Å². The van der Waals surface area contributed by atoms with Crippen molar-refractivity contribution < 1.29 is 13.9 Å². The second-order valence-electron chi connectivity index (χ2n) is 6.35. The number of fused-ring (bicyclic) bond motifs is 1. The summed E-state index contributed by atoms with van der Waals surface area (Å²) in [7, 11) is 2.18. The van der Waals surface area contributed by atoms with E-state index in [0.29, 0.717) is 29.4 Å². The first-order valence-electron chi connectivity index (χ1n) is 8.31. The van der Waals surface area contributed by atoms with E-state index < -0.39 is 0 Å². The number of ether oxygens (including phenoxy) is 2. The van der Waals surface area contributed by atoms with Gasteiger partial charge in [-0.15, -0.1) is 10.2 Å². The van der Waals surface area contributed by atoms with E-state index in [-0.39, 0.29) is 6.10 Å². The molecule has 2 aliphatic rings. The van der Waals surface area contributed by atoms with Crippen molar-refractivity contribution in [2.24, 2.45) is 5.92 Å². The zero-order chi connectivity index (χ0) is 16.4. The average Bonchev–Trinajstić information content (AvgIpc) is 3.09. The fourth-order valence-electron chi connectivity index (χ4n) is 3.15. The summed E-state index contributed by atoms with van der Waals surface area (Å²) in [4.78, 5) is 2.39. The normalized spacial score (nSPS) is 24.0. The Kier molecular flexibility index (Phi) is 4.62. The first-order valence-corrected chi connectivity index (χ1v) is 9.30. The van der Waals surface area contributed by atoms with Crippen molar-refractivity contribution in [3.05, 3.63) is 30.2 Å². The van der Waals surface area contributed by atoms with Crippen LogP contribution in [0.1, 0.15) is 24.8 Å². The molecule has 24 heavy (non-hydrogen) atoms. The minimum atomic E-state index is -0.345. The molecule has 0 radical (unpaired) electrons. The van der Waals surface area contributed by atoms with Gasteiger partial charge in [0.15, 0.2) is 11.5 Å². The summed E-state index contributed by atoms with van der Waals surface area (Å²) in [5.41, 5.74) is 0. The summed E-state index contributed by atoms with van der Waals surface area (Å²) in [5, 5.41) is 8.90. The van der Waals surface area contributed by atoms with Gasteiger partial charge in [-0.05, 0) is 44.5 Å². The van der Waals surface area contributed by atoms with Crippen LogP contribution in [0.5, 0.6) is 11.5 Å². The number of benzene rings is 1. The van der Waals surface area contributed by atoms with E-state index in [1.54, 1.807) is 11.8 Å². The second kappa shape index (κ2) is 7.03. The van der Waals surface area contributed by atoms with Gasteiger partial charge < -0.3 is 18.8 Å². The number of aromatic nitrogens is 2. The molecule has 1 fully saturated rings. The molecular formula is C17H21N3O3S. The Labute approximate surface area is 145 Å². The molecule has 2 aliphatic heterocycles. The van der Waals surface area contributed by atoms with Crippen molar-refractivity contribution in [2.75, 3.05) is 32.5 Å². The SMILES string of the molecule is CN1CCC[C@H](CSc2nnc([C@@H]3COc4ccccc4O3)o2)C1. The zero-order valence-electron chi connectivity index (χ0n) is 13.7. The molecule has 0 spiro atoms. The van der Waals surface area contributed by atoms with Gasteiger partial charge in [0.05, 0.1) is 0 Å². The Bertz CT molecular complexity index is 693. The van der Waals surface area contributed by atoms with E-state index >= 15 is 0 Å². The minimum Gasteiger partial charge on any atom is -0.485 e. The van der Waals surface area contributed by atoms with Crippen LogP contribution in [0.15, 0.2) is 33.9 Å². The molecule has 0 amide bonds. The van der Waals surface area contributed by atoms with Gasteiger partial charge in [0.1, 0.15) is 6.61 Å². The monoisotopic (exact) mass is 347 g/mol. The molecule has 1 saturated heterocycles. The molecular weight excluding hydrogens is 326 g/mol. The molecule has 1 aromatic heterocycles. The highest BCUT2D eigenvalue weighted by Gasteiger charge is 2.27. The predicted molar refractivity (Wildman–Crippen MR) is 90.5 cm³/mol. The molecule has 0 saturated carbocycles. The Balaban J connectivity index is 1.35. The van der Waals surface area contributed by atoms with Crippen molar-refractivity contribution in [1.29, 1.82) is 0 Å². The summed E-state index contributed by atoms with van der Waals surface area (Å²) in [6.45, 7) is 2.73. The van der Waals surface area contributed by atoms with Gasteiger partial charge in [0, 0.05) is 12.3 Å². The zero-order valence-corrected chi connectivity index (χ0v) is 14.5. The maximum absolute atomic E-state index is 5.90. The van der Waals surface area contributed by atoms with Crippen molar-refractivity contribution in [1.82, 2.24) is 15.1 Å². The molecule has 4 rings (SSSR count). The molecule has 2 atom stereocenters. The highest BCUT2D eigenvalue weighted by molar-refractivity contribution is 7.99. The van der Waals surface area contributed by atoms with Gasteiger partial charge >= 0.3 is 0 Å². The average molecular weight is 347 g/mol. The van der Waals surface area contributed by atoms with E-state index in [1.165, 1.54) is 19.4 Å².